The van der Waals surface area contributed by atoms with Gasteiger partial charge in [0.05, 0.1) is 4.90 Å². The summed E-state index contributed by atoms with van der Waals surface area (Å²) in [7, 11) is -3.63. The zero-order chi connectivity index (χ0) is 22.4. The molecule has 162 valence electrons. The van der Waals surface area contributed by atoms with E-state index in [2.05, 4.69) is 10.0 Å². The number of rotatable bonds is 8. The van der Waals surface area contributed by atoms with Crippen molar-refractivity contribution >= 4 is 21.6 Å². The number of hydrogen-bond donors (Lipinski definition) is 2. The van der Waals surface area contributed by atoms with E-state index in [4.69, 9.17) is 0 Å². The minimum absolute atomic E-state index is 0.0710. The van der Waals surface area contributed by atoms with E-state index in [0.717, 1.165) is 22.4 Å². The number of carbonyl (C=O) groups excluding carboxylic acids is 1. The molecule has 0 aliphatic carbocycles. The van der Waals surface area contributed by atoms with E-state index in [0.29, 0.717) is 12.8 Å². The maximum Gasteiger partial charge on any atom is 0.241 e. The highest BCUT2D eigenvalue weighted by atomic mass is 32.2. The van der Waals surface area contributed by atoms with Crippen LogP contribution in [-0.4, -0.2) is 14.3 Å². The summed E-state index contributed by atoms with van der Waals surface area (Å²) in [4.78, 5) is 12.5. The van der Waals surface area contributed by atoms with Gasteiger partial charge in [0.2, 0.25) is 15.9 Å². The lowest BCUT2D eigenvalue weighted by Crippen LogP contribution is -2.26. The maximum absolute atomic E-state index is 12.7. The smallest absolute Gasteiger partial charge is 0.241 e. The molecule has 0 spiro atoms. The Kier molecular flexibility index (Phi) is 7.25. The first-order valence-corrected chi connectivity index (χ1v) is 11.8. The highest BCUT2D eigenvalue weighted by molar-refractivity contribution is 7.89. The van der Waals surface area contributed by atoms with Gasteiger partial charge >= 0.3 is 0 Å². The molecule has 0 saturated carbocycles. The van der Waals surface area contributed by atoms with Crippen LogP contribution in [0.5, 0.6) is 0 Å². The van der Waals surface area contributed by atoms with Crippen molar-refractivity contribution in [2.45, 2.75) is 44.6 Å². The van der Waals surface area contributed by atoms with Gasteiger partial charge in [-0.2, -0.15) is 0 Å². The first-order chi connectivity index (χ1) is 14.7. The Morgan fingerprint density at radius 2 is 1.58 bits per heavy atom. The average molecular weight is 437 g/mol. The number of aryl methyl sites for hydroxylation is 3. The number of hydrogen-bond acceptors (Lipinski definition) is 3. The van der Waals surface area contributed by atoms with E-state index in [1.54, 1.807) is 24.3 Å². The molecule has 3 aromatic carbocycles. The third kappa shape index (κ3) is 6.26. The topological polar surface area (TPSA) is 75.3 Å². The van der Waals surface area contributed by atoms with Crippen LogP contribution in [0.15, 0.2) is 77.7 Å². The van der Waals surface area contributed by atoms with E-state index in [-0.39, 0.29) is 16.8 Å². The normalized spacial score (nSPS) is 12.4. The van der Waals surface area contributed by atoms with Crippen LogP contribution < -0.4 is 10.0 Å². The van der Waals surface area contributed by atoms with Crippen molar-refractivity contribution in [3.8, 4) is 0 Å². The van der Waals surface area contributed by atoms with Crippen LogP contribution in [-0.2, 0) is 21.2 Å². The van der Waals surface area contributed by atoms with Crippen molar-refractivity contribution in [2.75, 3.05) is 5.32 Å². The van der Waals surface area contributed by atoms with Gasteiger partial charge in [0.1, 0.15) is 0 Å². The van der Waals surface area contributed by atoms with Gasteiger partial charge in [-0.3, -0.25) is 4.79 Å². The van der Waals surface area contributed by atoms with Crippen molar-refractivity contribution < 1.29 is 13.2 Å². The summed E-state index contributed by atoms with van der Waals surface area (Å²) >= 11 is 0. The predicted octanol–water partition coefficient (Wildman–Crippen LogP) is 4.91. The Labute approximate surface area is 184 Å². The third-order valence-electron chi connectivity index (χ3n) is 5.30. The lowest BCUT2D eigenvalue weighted by atomic mass is 10.1. The van der Waals surface area contributed by atoms with E-state index in [9.17, 15) is 13.2 Å². The molecule has 3 rings (SSSR count). The molecule has 0 bridgehead atoms. The molecule has 1 atom stereocenters. The zero-order valence-electron chi connectivity index (χ0n) is 18.1. The quantitative estimate of drug-likeness (QED) is 0.527. The number of carbonyl (C=O) groups is 1. The summed E-state index contributed by atoms with van der Waals surface area (Å²) in [5.74, 6) is -0.0710. The van der Waals surface area contributed by atoms with Crippen LogP contribution in [0.25, 0.3) is 0 Å². The van der Waals surface area contributed by atoms with Gasteiger partial charge in [0, 0.05) is 18.2 Å². The molecule has 1 amide bonds. The molecule has 3 aromatic rings. The van der Waals surface area contributed by atoms with Gasteiger partial charge in [0.25, 0.3) is 0 Å². The summed E-state index contributed by atoms with van der Waals surface area (Å²) in [6, 6.07) is 21.6. The van der Waals surface area contributed by atoms with E-state index < -0.39 is 10.0 Å². The molecule has 0 fully saturated rings. The van der Waals surface area contributed by atoms with Crippen LogP contribution in [0.3, 0.4) is 0 Å². The van der Waals surface area contributed by atoms with Gasteiger partial charge < -0.3 is 5.32 Å². The summed E-state index contributed by atoms with van der Waals surface area (Å²) in [6.07, 6.45) is 0.854. The second-order valence-corrected chi connectivity index (χ2v) is 9.46. The molecule has 2 N–H and O–H groups in total. The molecule has 5 nitrogen and oxygen atoms in total. The summed E-state index contributed by atoms with van der Waals surface area (Å²) in [5.41, 5.74) is 4.90. The van der Waals surface area contributed by atoms with Gasteiger partial charge in [0.15, 0.2) is 0 Å². The number of amides is 1. The SMILES string of the molecule is Cc1ccc(NC(=O)CCc2ccc(S(=O)(=O)N[C@H](C)c3ccccc3)cc2)cc1C. The van der Waals surface area contributed by atoms with Gasteiger partial charge in [-0.1, -0.05) is 48.5 Å². The van der Waals surface area contributed by atoms with Crippen LogP contribution in [0, 0.1) is 13.8 Å². The monoisotopic (exact) mass is 436 g/mol. The van der Waals surface area contributed by atoms with Gasteiger partial charge in [-0.05, 0) is 73.7 Å². The first kappa shape index (κ1) is 22.7. The molecule has 0 heterocycles. The number of benzene rings is 3. The summed E-state index contributed by atoms with van der Waals surface area (Å²) in [5, 5.41) is 2.91. The van der Waals surface area contributed by atoms with Crippen LogP contribution in [0.2, 0.25) is 0 Å². The Balaban J connectivity index is 1.56. The van der Waals surface area contributed by atoms with Gasteiger partial charge in [-0.25, -0.2) is 13.1 Å². The predicted molar refractivity (Wildman–Crippen MR) is 124 cm³/mol. The molecular formula is C25H28N2O3S. The standard InChI is InChI=1S/C25H28N2O3S/c1-18-9-13-23(17-19(18)2)26-25(28)16-12-21-10-14-24(15-11-21)31(29,30)27-20(3)22-7-5-4-6-8-22/h4-11,13-15,17,20,27H,12,16H2,1-3H3,(H,26,28)/t20-/m1/s1. The van der Waals surface area contributed by atoms with Crippen molar-refractivity contribution in [1.82, 2.24) is 4.72 Å². The molecule has 0 aromatic heterocycles. The molecule has 31 heavy (non-hydrogen) atoms. The molecule has 0 aliphatic rings. The highest BCUT2D eigenvalue weighted by Gasteiger charge is 2.18. The minimum Gasteiger partial charge on any atom is -0.326 e. The fraction of sp³-hybridized carbons (Fsp3) is 0.240. The molecule has 0 saturated heterocycles. The van der Waals surface area contributed by atoms with Crippen molar-refractivity contribution in [3.05, 3.63) is 95.1 Å². The lowest BCUT2D eigenvalue weighted by Gasteiger charge is -2.15. The molecule has 0 radical (unpaired) electrons. The average Bonchev–Trinajstić information content (AvgIpc) is 2.75. The fourth-order valence-electron chi connectivity index (χ4n) is 3.25. The maximum atomic E-state index is 12.7. The van der Waals surface area contributed by atoms with Gasteiger partial charge in [-0.15, -0.1) is 0 Å². The third-order valence-corrected chi connectivity index (χ3v) is 6.85. The first-order valence-electron chi connectivity index (χ1n) is 10.3. The zero-order valence-corrected chi connectivity index (χ0v) is 18.9. The van der Waals surface area contributed by atoms with Crippen LogP contribution in [0.1, 0.15) is 41.6 Å². The van der Waals surface area contributed by atoms with E-state index >= 15 is 0 Å². The molecule has 6 heteroatoms. The largest absolute Gasteiger partial charge is 0.326 e. The van der Waals surface area contributed by atoms with E-state index in [1.807, 2.05) is 69.3 Å². The van der Waals surface area contributed by atoms with Crippen LogP contribution in [0.4, 0.5) is 5.69 Å². The Morgan fingerprint density at radius 1 is 0.903 bits per heavy atom. The second kappa shape index (κ2) is 9.90. The second-order valence-electron chi connectivity index (χ2n) is 7.74. The molecular weight excluding hydrogens is 408 g/mol. The molecule has 0 unspecified atom stereocenters. The van der Waals surface area contributed by atoms with Crippen LogP contribution >= 0.6 is 0 Å². The Hall–Kier alpha value is -2.96. The highest BCUT2D eigenvalue weighted by Crippen LogP contribution is 2.18. The minimum atomic E-state index is -3.63. The number of sulfonamides is 1. The summed E-state index contributed by atoms with van der Waals surface area (Å²) in [6.45, 7) is 5.86. The molecule has 0 aliphatic heterocycles. The number of nitrogens with one attached hydrogen (secondary N) is 2. The van der Waals surface area contributed by atoms with Crippen molar-refractivity contribution in [3.63, 3.8) is 0 Å². The lowest BCUT2D eigenvalue weighted by molar-refractivity contribution is -0.116. The fourth-order valence-corrected chi connectivity index (χ4v) is 4.48. The van der Waals surface area contributed by atoms with Crippen molar-refractivity contribution in [1.29, 1.82) is 0 Å². The van der Waals surface area contributed by atoms with E-state index in [1.165, 1.54) is 5.56 Å². The summed E-state index contributed by atoms with van der Waals surface area (Å²) < 4.78 is 28.0. The Bertz CT molecular complexity index is 1140. The van der Waals surface area contributed by atoms with Crippen molar-refractivity contribution in [2.24, 2.45) is 0 Å². The Morgan fingerprint density at radius 3 is 2.23 bits per heavy atom. The number of anilines is 1.